The van der Waals surface area contributed by atoms with Gasteiger partial charge in [-0.1, -0.05) is 54.1 Å². The molecule has 0 spiro atoms. The average Bonchev–Trinajstić information content (AvgIpc) is 3.32. The van der Waals surface area contributed by atoms with E-state index in [1.807, 2.05) is 13.0 Å². The number of benzene rings is 3. The van der Waals surface area contributed by atoms with Crippen LogP contribution in [-0.2, 0) is 21.0 Å². The van der Waals surface area contributed by atoms with Crippen LogP contribution >= 0.6 is 0 Å². The molecule has 0 aliphatic rings. The Hall–Kier alpha value is -4.22. The number of sulfonamides is 1. The number of alkyl halides is 3. The van der Waals surface area contributed by atoms with Crippen LogP contribution in [0.2, 0.25) is 0 Å². The van der Waals surface area contributed by atoms with Crippen LogP contribution in [0.15, 0.2) is 103 Å². The molecular weight excluding hydrogens is 529 g/mol. The number of carbonyl (C=O) groups is 1. The third-order valence-electron chi connectivity index (χ3n) is 5.81. The van der Waals surface area contributed by atoms with Gasteiger partial charge in [0.15, 0.2) is 0 Å². The van der Waals surface area contributed by atoms with E-state index in [1.165, 1.54) is 34.9 Å². The van der Waals surface area contributed by atoms with Crippen molar-refractivity contribution in [1.82, 2.24) is 13.9 Å². The van der Waals surface area contributed by atoms with E-state index in [4.69, 9.17) is 0 Å². The molecule has 39 heavy (non-hydrogen) atoms. The average molecular weight is 555 g/mol. The lowest BCUT2D eigenvalue weighted by molar-refractivity contribution is -0.137. The van der Waals surface area contributed by atoms with Crippen LogP contribution in [0.5, 0.6) is 0 Å². The van der Waals surface area contributed by atoms with Crippen molar-refractivity contribution in [3.8, 4) is 16.9 Å². The lowest BCUT2D eigenvalue weighted by Crippen LogP contribution is -2.38. The maximum atomic E-state index is 13.2. The summed E-state index contributed by atoms with van der Waals surface area (Å²) < 4.78 is 68.1. The molecule has 11 heteroatoms. The number of amides is 1. The van der Waals surface area contributed by atoms with E-state index in [0.29, 0.717) is 16.9 Å². The highest BCUT2D eigenvalue weighted by molar-refractivity contribution is 7.89. The smallest absolute Gasteiger partial charge is 0.294 e. The van der Waals surface area contributed by atoms with Gasteiger partial charge in [-0.2, -0.15) is 17.5 Å². The van der Waals surface area contributed by atoms with E-state index in [-0.39, 0.29) is 17.4 Å². The summed E-state index contributed by atoms with van der Waals surface area (Å²) in [5.74, 6) is -0.671. The van der Waals surface area contributed by atoms with E-state index >= 15 is 0 Å². The van der Waals surface area contributed by atoms with Gasteiger partial charge in [-0.25, -0.2) is 13.4 Å². The van der Waals surface area contributed by atoms with Crippen LogP contribution in [-0.4, -0.2) is 41.3 Å². The van der Waals surface area contributed by atoms with E-state index in [9.17, 15) is 26.4 Å². The molecule has 1 amide bonds. The number of rotatable bonds is 9. The van der Waals surface area contributed by atoms with Gasteiger partial charge in [-0.05, 0) is 43.3 Å². The number of halogens is 3. The molecule has 1 aromatic heterocycles. The van der Waals surface area contributed by atoms with Crippen molar-refractivity contribution in [2.75, 3.05) is 18.4 Å². The van der Waals surface area contributed by atoms with Crippen molar-refractivity contribution in [2.24, 2.45) is 0 Å². The van der Waals surface area contributed by atoms with Gasteiger partial charge in [0.05, 0.1) is 22.7 Å². The number of imidazole rings is 1. The van der Waals surface area contributed by atoms with Crippen LogP contribution in [0.4, 0.5) is 19.1 Å². The summed E-state index contributed by atoms with van der Waals surface area (Å²) in [4.78, 5) is 17.6. The van der Waals surface area contributed by atoms with E-state index in [1.54, 1.807) is 42.6 Å². The van der Waals surface area contributed by atoms with Crippen molar-refractivity contribution >= 4 is 21.9 Å². The van der Waals surface area contributed by atoms with E-state index in [2.05, 4.69) is 16.9 Å². The zero-order valence-electron chi connectivity index (χ0n) is 20.9. The first kappa shape index (κ1) is 27.8. The highest BCUT2D eigenvalue weighted by atomic mass is 32.2. The summed E-state index contributed by atoms with van der Waals surface area (Å²) >= 11 is 0. The largest absolute Gasteiger partial charge is 0.416 e. The van der Waals surface area contributed by atoms with Crippen molar-refractivity contribution in [1.29, 1.82) is 0 Å². The van der Waals surface area contributed by atoms with Gasteiger partial charge in [-0.15, -0.1) is 6.58 Å². The van der Waals surface area contributed by atoms with Gasteiger partial charge in [0, 0.05) is 24.0 Å². The van der Waals surface area contributed by atoms with Gasteiger partial charge in [0.25, 0.3) is 0 Å². The van der Waals surface area contributed by atoms with Gasteiger partial charge >= 0.3 is 6.18 Å². The molecule has 4 aromatic rings. The van der Waals surface area contributed by atoms with Crippen LogP contribution in [0, 0.1) is 6.92 Å². The van der Waals surface area contributed by atoms with Gasteiger partial charge in [0.2, 0.25) is 21.9 Å². The molecule has 1 heterocycles. The molecule has 0 aliphatic heterocycles. The number of hydrogen-bond acceptors (Lipinski definition) is 4. The minimum absolute atomic E-state index is 0.0184. The van der Waals surface area contributed by atoms with Crippen LogP contribution in [0.1, 0.15) is 11.1 Å². The van der Waals surface area contributed by atoms with Gasteiger partial charge < -0.3 is 0 Å². The maximum Gasteiger partial charge on any atom is 0.416 e. The molecule has 1 N–H and O–H groups in total. The molecule has 0 saturated heterocycles. The summed E-state index contributed by atoms with van der Waals surface area (Å²) in [6.07, 6.45) is -1.55. The van der Waals surface area contributed by atoms with Gasteiger partial charge in [-0.3, -0.25) is 14.7 Å². The fraction of sp³-hybridized carbons (Fsp3) is 0.143. The normalized spacial score (nSPS) is 11.9. The van der Waals surface area contributed by atoms with Crippen LogP contribution in [0.3, 0.4) is 0 Å². The third-order valence-corrected chi connectivity index (χ3v) is 7.64. The lowest BCUT2D eigenvalue weighted by Gasteiger charge is -2.20. The SMILES string of the molecule is C=CCN(CC(=O)Nc1nc(-c2ccccc2)cn1-c1ccc(C(F)(F)F)cc1)S(=O)(=O)c1ccc(C)cc1. The predicted molar refractivity (Wildman–Crippen MR) is 143 cm³/mol. The maximum absolute atomic E-state index is 13.2. The van der Waals surface area contributed by atoms with Crippen molar-refractivity contribution in [2.45, 2.75) is 18.0 Å². The predicted octanol–water partition coefficient (Wildman–Crippen LogP) is 5.68. The van der Waals surface area contributed by atoms with Crippen LogP contribution in [0.25, 0.3) is 16.9 Å². The standard InChI is InChI=1S/C28H25F3N4O3S/c1-3-17-34(39(37,38)24-15-9-20(2)10-16-24)19-26(36)33-27-32-25(21-7-5-4-6-8-21)18-35(27)23-13-11-22(12-14-23)28(29,30)31/h3-16,18H,1,17,19H2,2H3,(H,32,33,36). The number of nitrogens with one attached hydrogen (secondary N) is 1. The summed E-state index contributed by atoms with van der Waals surface area (Å²) in [5.41, 5.74) is 1.56. The first-order chi connectivity index (χ1) is 18.5. The quantitative estimate of drug-likeness (QED) is 0.270. The number of anilines is 1. The molecule has 0 fully saturated rings. The van der Waals surface area contributed by atoms with E-state index < -0.39 is 34.2 Å². The van der Waals surface area contributed by atoms with Crippen LogP contribution < -0.4 is 5.32 Å². The molecule has 0 atom stereocenters. The Morgan fingerprint density at radius 2 is 1.67 bits per heavy atom. The first-order valence-corrected chi connectivity index (χ1v) is 13.2. The lowest BCUT2D eigenvalue weighted by atomic mass is 10.2. The minimum atomic E-state index is -4.50. The fourth-order valence-corrected chi connectivity index (χ4v) is 5.17. The third kappa shape index (κ3) is 6.44. The van der Waals surface area contributed by atoms with E-state index in [0.717, 1.165) is 22.0 Å². The Bertz CT molecular complexity index is 1570. The highest BCUT2D eigenvalue weighted by Gasteiger charge is 2.30. The zero-order chi connectivity index (χ0) is 28.2. The molecule has 3 aromatic carbocycles. The number of aromatic nitrogens is 2. The Labute approximate surface area is 224 Å². The molecule has 0 radical (unpaired) electrons. The Morgan fingerprint density at radius 1 is 1.03 bits per heavy atom. The Morgan fingerprint density at radius 3 is 2.26 bits per heavy atom. The molecule has 0 bridgehead atoms. The summed E-state index contributed by atoms with van der Waals surface area (Å²) in [6.45, 7) is 4.76. The Kier molecular flexibility index (Phi) is 8.03. The molecular formula is C28H25F3N4O3S. The molecule has 0 saturated carbocycles. The second-order valence-corrected chi connectivity index (χ2v) is 10.6. The molecule has 0 unspecified atom stereocenters. The first-order valence-electron chi connectivity index (χ1n) is 11.8. The second kappa shape index (κ2) is 11.3. The molecule has 7 nitrogen and oxygen atoms in total. The summed E-state index contributed by atoms with van der Waals surface area (Å²) in [7, 11) is -4.02. The number of hydrogen-bond donors (Lipinski definition) is 1. The van der Waals surface area contributed by atoms with Crippen molar-refractivity contribution < 1.29 is 26.4 Å². The number of aryl methyl sites for hydroxylation is 1. The highest BCUT2D eigenvalue weighted by Crippen LogP contribution is 2.31. The monoisotopic (exact) mass is 554 g/mol. The molecule has 4 rings (SSSR count). The topological polar surface area (TPSA) is 84.3 Å². The van der Waals surface area contributed by atoms with Crippen molar-refractivity contribution in [3.05, 3.63) is 109 Å². The summed E-state index contributed by atoms with van der Waals surface area (Å²) in [6, 6.07) is 19.6. The molecule has 202 valence electrons. The zero-order valence-corrected chi connectivity index (χ0v) is 21.7. The second-order valence-electron chi connectivity index (χ2n) is 8.68. The Balaban J connectivity index is 1.65. The number of carbonyl (C=O) groups excluding carboxylic acids is 1. The number of nitrogens with zero attached hydrogens (tertiary/aromatic N) is 3. The molecule has 0 aliphatic carbocycles. The summed E-state index contributed by atoms with van der Waals surface area (Å²) in [5, 5.41) is 2.62. The van der Waals surface area contributed by atoms with Crippen molar-refractivity contribution in [3.63, 3.8) is 0 Å². The minimum Gasteiger partial charge on any atom is -0.294 e. The fourth-order valence-electron chi connectivity index (χ4n) is 3.80. The van der Waals surface area contributed by atoms with Gasteiger partial charge in [0.1, 0.15) is 0 Å².